The molecule has 0 radical (unpaired) electrons. The average Bonchev–Trinajstić information content (AvgIpc) is 2.78. The molecule has 0 atom stereocenters. The van der Waals surface area contributed by atoms with Gasteiger partial charge in [-0.2, -0.15) is 0 Å². The summed E-state index contributed by atoms with van der Waals surface area (Å²) in [4.78, 5) is 28.5. The summed E-state index contributed by atoms with van der Waals surface area (Å²) in [6.07, 6.45) is 3.31. The fourth-order valence-corrected chi connectivity index (χ4v) is 3.51. The van der Waals surface area contributed by atoms with Crippen LogP contribution >= 0.6 is 0 Å². The molecule has 5 heteroatoms. The molecule has 1 aliphatic rings. The third kappa shape index (κ3) is 6.34. The van der Waals surface area contributed by atoms with Gasteiger partial charge in [-0.1, -0.05) is 49.4 Å². The van der Waals surface area contributed by atoms with E-state index in [1.165, 1.54) is 11.1 Å². The van der Waals surface area contributed by atoms with Crippen LogP contribution < -0.4 is 4.74 Å². The van der Waals surface area contributed by atoms with E-state index in [-0.39, 0.29) is 18.4 Å². The number of hydrogen-bond acceptors (Lipinski definition) is 3. The quantitative estimate of drug-likeness (QED) is 0.690. The number of carbonyl (C=O) groups excluding carboxylic acids is 2. The fourth-order valence-electron chi connectivity index (χ4n) is 3.51. The zero-order chi connectivity index (χ0) is 20.5. The van der Waals surface area contributed by atoms with Crippen molar-refractivity contribution in [1.29, 1.82) is 0 Å². The number of amides is 2. The molecule has 1 heterocycles. The zero-order valence-corrected chi connectivity index (χ0v) is 17.2. The normalized spacial score (nSPS) is 14.0. The molecule has 29 heavy (non-hydrogen) atoms. The molecule has 2 aromatic rings. The maximum absolute atomic E-state index is 12.4. The lowest BCUT2D eigenvalue weighted by molar-refractivity contribution is -0.140. The van der Waals surface area contributed by atoms with Crippen LogP contribution in [-0.2, 0) is 22.4 Å². The summed E-state index contributed by atoms with van der Waals surface area (Å²) in [5.41, 5.74) is 2.51. The van der Waals surface area contributed by atoms with Gasteiger partial charge in [-0.25, -0.2) is 0 Å². The summed E-state index contributed by atoms with van der Waals surface area (Å²) in [6.45, 7) is 4.48. The SMILES string of the molecule is CCc1ccc(OCC(=O)N2CCN(C(=O)CCCc3ccccc3)CC2)cc1. The predicted molar refractivity (Wildman–Crippen MR) is 114 cm³/mol. The molecule has 0 unspecified atom stereocenters. The van der Waals surface area contributed by atoms with Crippen molar-refractivity contribution >= 4 is 11.8 Å². The van der Waals surface area contributed by atoms with E-state index in [0.717, 1.165) is 19.3 Å². The fraction of sp³-hybridized carbons (Fsp3) is 0.417. The molecule has 0 saturated carbocycles. The second kappa shape index (κ2) is 10.6. The van der Waals surface area contributed by atoms with Crippen molar-refractivity contribution in [2.45, 2.75) is 32.6 Å². The Kier molecular flexibility index (Phi) is 7.68. The number of aryl methyl sites for hydroxylation is 2. The summed E-state index contributed by atoms with van der Waals surface area (Å²) >= 11 is 0. The van der Waals surface area contributed by atoms with E-state index in [1.807, 2.05) is 47.4 Å². The van der Waals surface area contributed by atoms with Crippen molar-refractivity contribution in [3.8, 4) is 5.75 Å². The molecule has 0 bridgehead atoms. The van der Waals surface area contributed by atoms with Crippen LogP contribution in [0.5, 0.6) is 5.75 Å². The molecule has 2 amide bonds. The van der Waals surface area contributed by atoms with Gasteiger partial charge >= 0.3 is 0 Å². The molecule has 1 saturated heterocycles. The highest BCUT2D eigenvalue weighted by Crippen LogP contribution is 2.13. The smallest absolute Gasteiger partial charge is 0.260 e. The lowest BCUT2D eigenvalue weighted by Crippen LogP contribution is -2.51. The third-order valence-corrected chi connectivity index (χ3v) is 5.38. The molecule has 0 aromatic heterocycles. The summed E-state index contributed by atoms with van der Waals surface area (Å²) in [5, 5.41) is 0. The number of piperazine rings is 1. The lowest BCUT2D eigenvalue weighted by Gasteiger charge is -2.34. The monoisotopic (exact) mass is 394 g/mol. The second-order valence-corrected chi connectivity index (χ2v) is 7.39. The predicted octanol–water partition coefficient (Wildman–Crippen LogP) is 3.32. The molecule has 1 fully saturated rings. The van der Waals surface area contributed by atoms with Gasteiger partial charge in [0, 0.05) is 32.6 Å². The molecule has 0 N–H and O–H groups in total. The van der Waals surface area contributed by atoms with Crippen molar-refractivity contribution in [3.05, 3.63) is 65.7 Å². The highest BCUT2D eigenvalue weighted by Gasteiger charge is 2.24. The minimum atomic E-state index is -0.0271. The third-order valence-electron chi connectivity index (χ3n) is 5.38. The van der Waals surface area contributed by atoms with E-state index < -0.39 is 0 Å². The van der Waals surface area contributed by atoms with Crippen molar-refractivity contribution < 1.29 is 14.3 Å². The highest BCUT2D eigenvalue weighted by molar-refractivity contribution is 5.79. The molecular weight excluding hydrogens is 364 g/mol. The molecule has 154 valence electrons. The number of ether oxygens (including phenoxy) is 1. The molecule has 3 rings (SSSR count). The Morgan fingerprint density at radius 1 is 0.828 bits per heavy atom. The standard InChI is InChI=1S/C24H30N2O3/c1-2-20-11-13-22(14-12-20)29-19-24(28)26-17-15-25(16-18-26)23(27)10-6-9-21-7-4-3-5-8-21/h3-5,7-8,11-14H,2,6,9-10,15-19H2,1H3. The Morgan fingerprint density at radius 3 is 2.07 bits per heavy atom. The largest absolute Gasteiger partial charge is 0.484 e. The number of nitrogens with zero attached hydrogens (tertiary/aromatic N) is 2. The number of benzene rings is 2. The first-order chi connectivity index (χ1) is 14.2. The van der Waals surface area contributed by atoms with Crippen LogP contribution in [0.1, 0.15) is 30.9 Å². The maximum atomic E-state index is 12.4. The first-order valence-corrected chi connectivity index (χ1v) is 10.5. The lowest BCUT2D eigenvalue weighted by atomic mass is 10.1. The van der Waals surface area contributed by atoms with Crippen molar-refractivity contribution in [2.75, 3.05) is 32.8 Å². The van der Waals surface area contributed by atoms with E-state index in [0.29, 0.717) is 38.3 Å². The van der Waals surface area contributed by atoms with Crippen LogP contribution in [0.3, 0.4) is 0 Å². The summed E-state index contributed by atoms with van der Waals surface area (Å²) in [5.74, 6) is 0.865. The van der Waals surface area contributed by atoms with E-state index in [1.54, 1.807) is 4.90 Å². The Labute approximate surface area is 173 Å². The van der Waals surface area contributed by atoms with Gasteiger partial charge in [-0.3, -0.25) is 9.59 Å². The summed E-state index contributed by atoms with van der Waals surface area (Å²) < 4.78 is 5.62. The van der Waals surface area contributed by atoms with Gasteiger partial charge in [0.05, 0.1) is 0 Å². The number of carbonyl (C=O) groups is 2. The van der Waals surface area contributed by atoms with Gasteiger partial charge in [0.1, 0.15) is 5.75 Å². The van der Waals surface area contributed by atoms with E-state index >= 15 is 0 Å². The molecule has 0 spiro atoms. The zero-order valence-electron chi connectivity index (χ0n) is 17.2. The number of hydrogen-bond donors (Lipinski definition) is 0. The molecular formula is C24H30N2O3. The first-order valence-electron chi connectivity index (χ1n) is 10.5. The summed E-state index contributed by atoms with van der Waals surface area (Å²) in [7, 11) is 0. The van der Waals surface area contributed by atoms with Crippen LogP contribution in [0.2, 0.25) is 0 Å². The highest BCUT2D eigenvalue weighted by atomic mass is 16.5. The van der Waals surface area contributed by atoms with Crippen molar-refractivity contribution in [2.24, 2.45) is 0 Å². The maximum Gasteiger partial charge on any atom is 0.260 e. The van der Waals surface area contributed by atoms with Crippen molar-refractivity contribution in [1.82, 2.24) is 9.80 Å². The van der Waals surface area contributed by atoms with E-state index in [4.69, 9.17) is 4.74 Å². The van der Waals surface area contributed by atoms with Gasteiger partial charge in [0.2, 0.25) is 5.91 Å². The van der Waals surface area contributed by atoms with Gasteiger partial charge in [-0.15, -0.1) is 0 Å². The van der Waals surface area contributed by atoms with Crippen LogP contribution in [0.25, 0.3) is 0 Å². The van der Waals surface area contributed by atoms with Crippen LogP contribution in [0.15, 0.2) is 54.6 Å². The Hall–Kier alpha value is -2.82. The number of rotatable bonds is 8. The van der Waals surface area contributed by atoms with Gasteiger partial charge < -0.3 is 14.5 Å². The Bertz CT molecular complexity index is 782. The van der Waals surface area contributed by atoms with Crippen LogP contribution in [-0.4, -0.2) is 54.4 Å². The molecule has 2 aromatic carbocycles. The second-order valence-electron chi connectivity index (χ2n) is 7.39. The topological polar surface area (TPSA) is 49.9 Å². The van der Waals surface area contributed by atoms with Gasteiger partial charge in [0.25, 0.3) is 5.91 Å². The molecule has 1 aliphatic heterocycles. The molecule has 0 aliphatic carbocycles. The van der Waals surface area contributed by atoms with Crippen molar-refractivity contribution in [3.63, 3.8) is 0 Å². The van der Waals surface area contributed by atoms with Gasteiger partial charge in [-0.05, 0) is 42.5 Å². The average molecular weight is 395 g/mol. The molecule has 5 nitrogen and oxygen atoms in total. The van der Waals surface area contributed by atoms with Crippen LogP contribution in [0.4, 0.5) is 0 Å². The van der Waals surface area contributed by atoms with E-state index in [2.05, 4.69) is 19.1 Å². The van der Waals surface area contributed by atoms with E-state index in [9.17, 15) is 9.59 Å². The summed E-state index contributed by atoms with van der Waals surface area (Å²) in [6, 6.07) is 18.1. The Balaban J connectivity index is 1.35. The Morgan fingerprint density at radius 2 is 1.45 bits per heavy atom. The minimum Gasteiger partial charge on any atom is -0.484 e. The minimum absolute atomic E-state index is 0.0271. The van der Waals surface area contributed by atoms with Gasteiger partial charge in [0.15, 0.2) is 6.61 Å². The first kappa shape index (κ1) is 20.9. The van der Waals surface area contributed by atoms with Crippen LogP contribution in [0, 0.1) is 0 Å².